The summed E-state index contributed by atoms with van der Waals surface area (Å²) < 4.78 is 1.85. The average molecular weight is 265 g/mol. The molecule has 1 atom stereocenters. The molecule has 0 amide bonds. The Balaban J connectivity index is 1.96. The van der Waals surface area contributed by atoms with Crippen LogP contribution < -0.4 is 0 Å². The van der Waals surface area contributed by atoms with Crippen molar-refractivity contribution in [2.45, 2.75) is 33.4 Å². The topological polar surface area (TPSA) is 46.8 Å². The van der Waals surface area contributed by atoms with Crippen molar-refractivity contribution < 1.29 is 0 Å². The molecule has 0 aliphatic heterocycles. The second kappa shape index (κ2) is 5.58. The first-order chi connectivity index (χ1) is 8.58. The van der Waals surface area contributed by atoms with Crippen molar-refractivity contribution in [3.8, 4) is 0 Å². The summed E-state index contributed by atoms with van der Waals surface area (Å²) in [5.41, 5.74) is 1.19. The van der Waals surface area contributed by atoms with Crippen LogP contribution in [0.1, 0.15) is 28.5 Å². The van der Waals surface area contributed by atoms with E-state index >= 15 is 0 Å². The van der Waals surface area contributed by atoms with E-state index in [0.717, 1.165) is 18.1 Å². The Labute approximate surface area is 111 Å². The predicted octanol–water partition coefficient (Wildman–Crippen LogP) is 2.04. The van der Waals surface area contributed by atoms with Crippen LogP contribution in [0.5, 0.6) is 0 Å². The summed E-state index contributed by atoms with van der Waals surface area (Å²) >= 11 is 1.77. The van der Waals surface area contributed by atoms with Gasteiger partial charge in [0, 0.05) is 11.4 Å². The van der Waals surface area contributed by atoms with Crippen molar-refractivity contribution in [2.24, 2.45) is 0 Å². The first-order valence-electron chi connectivity index (χ1n) is 6.04. The minimum atomic E-state index is 0.332. The summed E-state index contributed by atoms with van der Waals surface area (Å²) in [4.78, 5) is 12.2. The first-order valence-corrected chi connectivity index (χ1v) is 6.86. The number of aryl methyl sites for hydroxylation is 2. The molecule has 0 saturated heterocycles. The van der Waals surface area contributed by atoms with E-state index in [1.54, 1.807) is 24.0 Å². The molecular formula is C12H19N5S. The molecule has 0 spiro atoms. The second-order valence-corrected chi connectivity index (χ2v) is 5.90. The van der Waals surface area contributed by atoms with Gasteiger partial charge in [-0.25, -0.2) is 9.97 Å². The lowest BCUT2D eigenvalue weighted by molar-refractivity contribution is 0.243. The quantitative estimate of drug-likeness (QED) is 0.830. The normalized spacial score (nSPS) is 13.2. The van der Waals surface area contributed by atoms with Crippen LogP contribution in [0.25, 0.3) is 0 Å². The van der Waals surface area contributed by atoms with Gasteiger partial charge in [-0.2, -0.15) is 5.10 Å². The molecule has 18 heavy (non-hydrogen) atoms. The molecule has 0 saturated carbocycles. The SMILES string of the molecule is Cc1nc(C(C)N(C)CCn2cncn2)c(C)s1. The zero-order chi connectivity index (χ0) is 13.1. The molecular weight excluding hydrogens is 246 g/mol. The molecule has 0 bridgehead atoms. The number of thiazole rings is 1. The smallest absolute Gasteiger partial charge is 0.137 e. The highest BCUT2D eigenvalue weighted by Crippen LogP contribution is 2.25. The molecule has 0 aromatic carbocycles. The summed E-state index contributed by atoms with van der Waals surface area (Å²) in [5, 5.41) is 5.25. The van der Waals surface area contributed by atoms with Gasteiger partial charge in [0.25, 0.3) is 0 Å². The maximum atomic E-state index is 4.62. The largest absolute Gasteiger partial charge is 0.296 e. The van der Waals surface area contributed by atoms with Gasteiger partial charge >= 0.3 is 0 Å². The Hall–Kier alpha value is -1.27. The van der Waals surface area contributed by atoms with Crippen LogP contribution in [0.2, 0.25) is 0 Å². The van der Waals surface area contributed by atoms with Crippen LogP contribution >= 0.6 is 11.3 Å². The number of likely N-dealkylation sites (N-methyl/N-ethyl adjacent to an activating group) is 1. The zero-order valence-corrected chi connectivity index (χ0v) is 12.1. The van der Waals surface area contributed by atoms with Crippen molar-refractivity contribution >= 4 is 11.3 Å². The van der Waals surface area contributed by atoms with Gasteiger partial charge in [0.1, 0.15) is 12.7 Å². The molecule has 0 aliphatic carbocycles. The Morgan fingerprint density at radius 2 is 2.22 bits per heavy atom. The van der Waals surface area contributed by atoms with E-state index in [9.17, 15) is 0 Å². The number of hydrogen-bond acceptors (Lipinski definition) is 5. The highest BCUT2D eigenvalue weighted by molar-refractivity contribution is 7.11. The van der Waals surface area contributed by atoms with Crippen molar-refractivity contribution in [2.75, 3.05) is 13.6 Å². The van der Waals surface area contributed by atoms with Gasteiger partial charge in [0.2, 0.25) is 0 Å². The molecule has 6 heteroatoms. The summed E-state index contributed by atoms with van der Waals surface area (Å²) in [5.74, 6) is 0. The Morgan fingerprint density at radius 1 is 1.44 bits per heavy atom. The van der Waals surface area contributed by atoms with Gasteiger partial charge in [0.05, 0.1) is 23.3 Å². The first kappa shape index (κ1) is 13.2. The summed E-state index contributed by atoms with van der Waals surface area (Å²) in [6.45, 7) is 8.18. The van der Waals surface area contributed by atoms with Crippen LogP contribution in [0.4, 0.5) is 0 Å². The molecule has 2 heterocycles. The van der Waals surface area contributed by atoms with Crippen LogP contribution in [-0.2, 0) is 6.54 Å². The Bertz CT molecular complexity index is 491. The van der Waals surface area contributed by atoms with Gasteiger partial charge in [-0.1, -0.05) is 0 Å². The van der Waals surface area contributed by atoms with Crippen LogP contribution in [0.15, 0.2) is 12.7 Å². The van der Waals surface area contributed by atoms with Crippen molar-refractivity contribution in [3.05, 3.63) is 28.2 Å². The van der Waals surface area contributed by atoms with E-state index in [1.807, 2.05) is 4.68 Å². The van der Waals surface area contributed by atoms with Crippen molar-refractivity contribution in [3.63, 3.8) is 0 Å². The Kier molecular flexibility index (Phi) is 4.08. The van der Waals surface area contributed by atoms with Crippen LogP contribution in [0, 0.1) is 13.8 Å². The molecule has 0 aliphatic rings. The summed E-state index contributed by atoms with van der Waals surface area (Å²) in [7, 11) is 2.12. The van der Waals surface area contributed by atoms with Gasteiger partial charge in [-0.3, -0.25) is 9.58 Å². The Morgan fingerprint density at radius 3 is 2.78 bits per heavy atom. The molecule has 2 rings (SSSR count). The van der Waals surface area contributed by atoms with Crippen LogP contribution in [-0.4, -0.2) is 38.2 Å². The predicted molar refractivity (Wildman–Crippen MR) is 72.7 cm³/mol. The molecule has 2 aromatic heterocycles. The standard InChI is InChI=1S/C12H19N5S/c1-9(12-10(2)18-11(3)15-12)16(4)5-6-17-8-13-7-14-17/h7-9H,5-6H2,1-4H3. The maximum Gasteiger partial charge on any atom is 0.137 e. The molecule has 1 unspecified atom stereocenters. The van der Waals surface area contributed by atoms with Crippen molar-refractivity contribution in [1.82, 2.24) is 24.6 Å². The van der Waals surface area contributed by atoms with Gasteiger partial charge in [-0.15, -0.1) is 11.3 Å². The van der Waals surface area contributed by atoms with E-state index in [0.29, 0.717) is 6.04 Å². The molecule has 2 aromatic rings. The number of rotatable bonds is 5. The minimum Gasteiger partial charge on any atom is -0.296 e. The molecule has 0 fully saturated rings. The van der Waals surface area contributed by atoms with Gasteiger partial charge < -0.3 is 0 Å². The van der Waals surface area contributed by atoms with Gasteiger partial charge in [0.15, 0.2) is 0 Å². The molecule has 98 valence electrons. The number of aromatic nitrogens is 4. The maximum absolute atomic E-state index is 4.62. The fraction of sp³-hybridized carbons (Fsp3) is 0.583. The van der Waals surface area contributed by atoms with E-state index in [2.05, 4.69) is 47.8 Å². The van der Waals surface area contributed by atoms with E-state index in [-0.39, 0.29) is 0 Å². The van der Waals surface area contributed by atoms with E-state index < -0.39 is 0 Å². The lowest BCUT2D eigenvalue weighted by Gasteiger charge is -2.23. The third kappa shape index (κ3) is 2.94. The van der Waals surface area contributed by atoms with E-state index in [1.165, 1.54) is 10.6 Å². The fourth-order valence-corrected chi connectivity index (χ4v) is 2.85. The van der Waals surface area contributed by atoms with Crippen molar-refractivity contribution in [1.29, 1.82) is 0 Å². The van der Waals surface area contributed by atoms with Gasteiger partial charge in [-0.05, 0) is 27.8 Å². The monoisotopic (exact) mass is 265 g/mol. The molecule has 5 nitrogen and oxygen atoms in total. The van der Waals surface area contributed by atoms with E-state index in [4.69, 9.17) is 0 Å². The minimum absolute atomic E-state index is 0.332. The summed E-state index contributed by atoms with van der Waals surface area (Å²) in [6, 6.07) is 0.332. The zero-order valence-electron chi connectivity index (χ0n) is 11.3. The second-order valence-electron chi connectivity index (χ2n) is 4.49. The lowest BCUT2D eigenvalue weighted by Crippen LogP contribution is -2.27. The number of nitrogens with zero attached hydrogens (tertiary/aromatic N) is 5. The summed E-state index contributed by atoms with van der Waals surface area (Å²) in [6.07, 6.45) is 3.31. The fourth-order valence-electron chi connectivity index (χ4n) is 1.94. The molecule has 0 radical (unpaired) electrons. The highest BCUT2D eigenvalue weighted by atomic mass is 32.1. The third-order valence-electron chi connectivity index (χ3n) is 3.14. The number of hydrogen-bond donors (Lipinski definition) is 0. The van der Waals surface area contributed by atoms with Crippen LogP contribution in [0.3, 0.4) is 0 Å². The average Bonchev–Trinajstić information content (AvgIpc) is 2.94. The molecule has 0 N–H and O–H groups in total. The lowest BCUT2D eigenvalue weighted by atomic mass is 10.2. The highest BCUT2D eigenvalue weighted by Gasteiger charge is 2.17. The third-order valence-corrected chi connectivity index (χ3v) is 4.05.